The van der Waals surface area contributed by atoms with Crippen LogP contribution in [0.4, 0.5) is 20.3 Å². The smallest absolute Gasteiger partial charge is 0.254 e. The number of halogens is 2. The third-order valence-electron chi connectivity index (χ3n) is 7.06. The number of methoxy groups -OCH3 is 1. The van der Waals surface area contributed by atoms with Gasteiger partial charge in [-0.05, 0) is 69.1 Å². The molecule has 0 unspecified atom stereocenters. The molecule has 0 bridgehead atoms. The van der Waals surface area contributed by atoms with Crippen LogP contribution in [0.5, 0.6) is 5.75 Å². The first-order valence-electron chi connectivity index (χ1n) is 12.6. The summed E-state index contributed by atoms with van der Waals surface area (Å²) in [6.07, 6.45) is 6.66. The van der Waals surface area contributed by atoms with Crippen LogP contribution in [0.25, 0.3) is 16.9 Å². The Bertz CT molecular complexity index is 1480. The average molecular weight is 521 g/mol. The topological polar surface area (TPSA) is 83.8 Å². The summed E-state index contributed by atoms with van der Waals surface area (Å²) in [6, 6.07) is 7.66. The molecule has 2 aromatic heterocycles. The van der Waals surface area contributed by atoms with Gasteiger partial charge in [-0.15, -0.1) is 0 Å². The van der Waals surface area contributed by atoms with Crippen molar-refractivity contribution < 1.29 is 18.3 Å². The van der Waals surface area contributed by atoms with Gasteiger partial charge in [0.2, 0.25) is 0 Å². The van der Waals surface area contributed by atoms with E-state index in [0.29, 0.717) is 28.6 Å². The van der Waals surface area contributed by atoms with E-state index >= 15 is 0 Å². The molecule has 0 radical (unpaired) electrons. The first-order chi connectivity index (χ1) is 18.4. The SMILES string of the molecule is CNCC1CCN(C(=O)c2ccc(Nc3nccn4c(-c5cc(F)c(OC)cc5F)cnc34)cc2C)CC1. The minimum Gasteiger partial charge on any atom is -0.494 e. The zero-order valence-electron chi connectivity index (χ0n) is 21.6. The van der Waals surface area contributed by atoms with Crippen LogP contribution in [0.2, 0.25) is 0 Å². The molecule has 4 aromatic rings. The number of likely N-dealkylation sites (tertiary alicyclic amines) is 1. The number of hydrogen-bond acceptors (Lipinski definition) is 6. The molecule has 38 heavy (non-hydrogen) atoms. The number of benzene rings is 2. The molecular formula is C28H30F2N6O2. The van der Waals surface area contributed by atoms with Crippen LogP contribution in [0, 0.1) is 24.5 Å². The molecule has 3 heterocycles. The number of amides is 1. The summed E-state index contributed by atoms with van der Waals surface area (Å²) in [6.45, 7) is 4.41. The van der Waals surface area contributed by atoms with Gasteiger partial charge in [-0.2, -0.15) is 0 Å². The number of aromatic nitrogens is 3. The molecule has 0 spiro atoms. The van der Waals surface area contributed by atoms with Crippen molar-refractivity contribution in [1.82, 2.24) is 24.6 Å². The highest BCUT2D eigenvalue weighted by Crippen LogP contribution is 2.31. The molecule has 1 amide bonds. The highest BCUT2D eigenvalue weighted by atomic mass is 19.1. The van der Waals surface area contributed by atoms with E-state index < -0.39 is 11.6 Å². The quantitative estimate of drug-likeness (QED) is 0.364. The number of aryl methyl sites for hydroxylation is 1. The number of anilines is 2. The molecular weight excluding hydrogens is 490 g/mol. The van der Waals surface area contributed by atoms with Gasteiger partial charge in [-0.3, -0.25) is 9.20 Å². The van der Waals surface area contributed by atoms with Gasteiger partial charge in [0.15, 0.2) is 23.0 Å². The summed E-state index contributed by atoms with van der Waals surface area (Å²) in [7, 11) is 3.24. The summed E-state index contributed by atoms with van der Waals surface area (Å²) < 4.78 is 35.6. The standard InChI is InChI=1S/C28H30F2N6O2/c1-17-12-19(4-5-20(17)28(37)35-9-6-18(7-10-35)15-31-2)34-26-27-33-16-24(36(27)11-8-32-26)21-13-23(30)25(38-3)14-22(21)29/h4-5,8,11-14,16,18,31H,6-7,9-10,15H2,1-3H3,(H,32,34). The van der Waals surface area contributed by atoms with Crippen molar-refractivity contribution in [1.29, 1.82) is 0 Å². The molecule has 1 fully saturated rings. The van der Waals surface area contributed by atoms with Gasteiger partial charge >= 0.3 is 0 Å². The second kappa shape index (κ2) is 10.7. The van der Waals surface area contributed by atoms with Crippen LogP contribution in [0.1, 0.15) is 28.8 Å². The Morgan fingerprint density at radius 1 is 1.13 bits per heavy atom. The van der Waals surface area contributed by atoms with Gasteiger partial charge in [0.1, 0.15) is 5.82 Å². The molecule has 2 aromatic carbocycles. The number of ether oxygens (including phenoxy) is 1. The van der Waals surface area contributed by atoms with Crippen LogP contribution in [0.15, 0.2) is 48.9 Å². The maximum Gasteiger partial charge on any atom is 0.254 e. The lowest BCUT2D eigenvalue weighted by Gasteiger charge is -2.32. The number of rotatable bonds is 7. The molecule has 1 aliphatic heterocycles. The highest BCUT2D eigenvalue weighted by Gasteiger charge is 2.24. The average Bonchev–Trinajstić information content (AvgIpc) is 3.35. The molecule has 198 valence electrons. The summed E-state index contributed by atoms with van der Waals surface area (Å²) >= 11 is 0. The van der Waals surface area contributed by atoms with Crippen LogP contribution in [0.3, 0.4) is 0 Å². The predicted octanol–water partition coefficient (Wildman–Crippen LogP) is 4.81. The molecule has 1 aliphatic rings. The van der Waals surface area contributed by atoms with Crippen molar-refractivity contribution in [2.24, 2.45) is 5.92 Å². The van der Waals surface area contributed by atoms with Crippen molar-refractivity contribution in [2.75, 3.05) is 39.1 Å². The Morgan fingerprint density at radius 3 is 2.63 bits per heavy atom. The van der Waals surface area contributed by atoms with Crippen molar-refractivity contribution in [3.63, 3.8) is 0 Å². The molecule has 0 saturated carbocycles. The highest BCUT2D eigenvalue weighted by molar-refractivity contribution is 5.96. The van der Waals surface area contributed by atoms with Gasteiger partial charge < -0.3 is 20.3 Å². The van der Waals surface area contributed by atoms with Crippen LogP contribution >= 0.6 is 0 Å². The van der Waals surface area contributed by atoms with Gasteiger partial charge in [0.05, 0.1) is 19.0 Å². The normalized spacial score (nSPS) is 14.2. The largest absolute Gasteiger partial charge is 0.494 e. The molecule has 0 aliphatic carbocycles. The van der Waals surface area contributed by atoms with Gasteiger partial charge in [-0.1, -0.05) is 0 Å². The minimum atomic E-state index is -0.668. The van der Waals surface area contributed by atoms with E-state index in [9.17, 15) is 13.6 Å². The molecule has 10 heteroatoms. The number of carbonyl (C=O) groups excluding carboxylic acids is 1. The number of nitrogens with one attached hydrogen (secondary N) is 2. The number of fused-ring (bicyclic) bond motifs is 1. The molecule has 1 saturated heterocycles. The van der Waals surface area contributed by atoms with Crippen molar-refractivity contribution in [3.05, 3.63) is 71.7 Å². The van der Waals surface area contributed by atoms with Crippen molar-refractivity contribution in [3.8, 4) is 17.0 Å². The van der Waals surface area contributed by atoms with Gasteiger partial charge in [0.25, 0.3) is 5.91 Å². The number of nitrogens with zero attached hydrogens (tertiary/aromatic N) is 4. The number of carbonyl (C=O) groups is 1. The Kier molecular flexibility index (Phi) is 7.24. The van der Waals surface area contributed by atoms with E-state index in [1.54, 1.807) is 16.8 Å². The Labute approximate surface area is 219 Å². The first kappa shape index (κ1) is 25.6. The summed E-state index contributed by atoms with van der Waals surface area (Å²) in [5.74, 6) is -0.366. The minimum absolute atomic E-state index is 0.0452. The van der Waals surface area contributed by atoms with E-state index in [1.165, 1.54) is 13.3 Å². The maximum atomic E-state index is 14.7. The molecule has 5 rings (SSSR count). The van der Waals surface area contributed by atoms with E-state index in [2.05, 4.69) is 20.6 Å². The first-order valence-corrected chi connectivity index (χ1v) is 12.6. The van der Waals surface area contributed by atoms with Crippen LogP contribution < -0.4 is 15.4 Å². The Morgan fingerprint density at radius 2 is 1.92 bits per heavy atom. The number of hydrogen-bond donors (Lipinski definition) is 2. The fourth-order valence-electron chi connectivity index (χ4n) is 5.01. The second-order valence-electron chi connectivity index (χ2n) is 9.53. The van der Waals surface area contributed by atoms with Gasteiger partial charge in [0, 0.05) is 48.4 Å². The van der Waals surface area contributed by atoms with Crippen LogP contribution in [-0.2, 0) is 0 Å². The van der Waals surface area contributed by atoms with Gasteiger partial charge in [-0.25, -0.2) is 18.7 Å². The number of imidazole rings is 1. The monoisotopic (exact) mass is 520 g/mol. The number of piperidine rings is 1. The van der Waals surface area contributed by atoms with Crippen molar-refractivity contribution in [2.45, 2.75) is 19.8 Å². The lowest BCUT2D eigenvalue weighted by molar-refractivity contribution is 0.0690. The van der Waals surface area contributed by atoms with E-state index in [0.717, 1.165) is 55.9 Å². The lowest BCUT2D eigenvalue weighted by Crippen LogP contribution is -2.40. The molecule has 8 nitrogen and oxygen atoms in total. The Balaban J connectivity index is 1.37. The van der Waals surface area contributed by atoms with Crippen molar-refractivity contribution >= 4 is 23.1 Å². The molecule has 2 N–H and O–H groups in total. The lowest BCUT2D eigenvalue weighted by atomic mass is 9.96. The third-order valence-corrected chi connectivity index (χ3v) is 7.06. The predicted molar refractivity (Wildman–Crippen MR) is 142 cm³/mol. The van der Waals surface area contributed by atoms with E-state index in [1.807, 2.05) is 37.1 Å². The van der Waals surface area contributed by atoms with Crippen LogP contribution in [-0.4, -0.2) is 59.0 Å². The van der Waals surface area contributed by atoms with E-state index in [-0.39, 0.29) is 17.2 Å². The zero-order valence-corrected chi connectivity index (χ0v) is 21.6. The second-order valence-corrected chi connectivity index (χ2v) is 9.53. The summed E-state index contributed by atoms with van der Waals surface area (Å²) in [5.41, 5.74) is 3.14. The molecule has 0 atom stereocenters. The van der Waals surface area contributed by atoms with E-state index in [4.69, 9.17) is 4.74 Å². The fourth-order valence-corrected chi connectivity index (χ4v) is 5.01. The third kappa shape index (κ3) is 4.91. The fraction of sp³-hybridized carbons (Fsp3) is 0.321. The zero-order chi connectivity index (χ0) is 26.8. The summed E-state index contributed by atoms with van der Waals surface area (Å²) in [5, 5.41) is 6.47. The Hall–Kier alpha value is -4.05. The summed E-state index contributed by atoms with van der Waals surface area (Å²) in [4.78, 5) is 23.9. The maximum absolute atomic E-state index is 14.7.